The molecule has 0 spiro atoms. The van der Waals surface area contributed by atoms with Crippen molar-refractivity contribution in [3.8, 4) is 5.75 Å². The highest BCUT2D eigenvalue weighted by Crippen LogP contribution is 2.24. The highest BCUT2D eigenvalue weighted by atomic mass is 35.5. The highest BCUT2D eigenvalue weighted by Gasteiger charge is 2.04. The molecule has 0 aliphatic heterocycles. The van der Waals surface area contributed by atoms with Crippen LogP contribution in [0.1, 0.15) is 0 Å². The van der Waals surface area contributed by atoms with Crippen LogP contribution in [0.15, 0.2) is 48.5 Å². The number of amides is 1. The molecule has 0 atom stereocenters. The smallest absolute Gasteiger partial charge is 0.262 e. The second-order valence-electron chi connectivity index (χ2n) is 3.81. The van der Waals surface area contributed by atoms with Gasteiger partial charge in [-0.2, -0.15) is 0 Å². The number of halogens is 2. The van der Waals surface area contributed by atoms with Crippen molar-refractivity contribution in [1.82, 2.24) is 0 Å². The molecular weight excluding hydrogens is 285 g/mol. The van der Waals surface area contributed by atoms with Gasteiger partial charge in [-0.15, -0.1) is 0 Å². The van der Waals surface area contributed by atoms with E-state index in [0.717, 1.165) is 5.69 Å². The van der Waals surface area contributed by atoms with Gasteiger partial charge in [-0.05, 0) is 30.3 Å². The molecular formula is C14H11Cl2NO2. The molecule has 5 heteroatoms. The molecule has 19 heavy (non-hydrogen) atoms. The third-order valence-corrected chi connectivity index (χ3v) is 2.70. The zero-order valence-electron chi connectivity index (χ0n) is 9.90. The first-order chi connectivity index (χ1) is 9.13. The van der Waals surface area contributed by atoms with Crippen LogP contribution in [0.2, 0.25) is 10.0 Å². The molecule has 0 bridgehead atoms. The second kappa shape index (κ2) is 6.45. The third-order valence-electron chi connectivity index (χ3n) is 2.26. The van der Waals surface area contributed by atoms with Gasteiger partial charge < -0.3 is 10.1 Å². The van der Waals surface area contributed by atoms with Crippen LogP contribution in [0, 0.1) is 0 Å². The lowest BCUT2D eigenvalue weighted by Gasteiger charge is -2.08. The van der Waals surface area contributed by atoms with E-state index in [2.05, 4.69) is 5.32 Å². The number of anilines is 1. The Labute approximate surface area is 121 Å². The molecule has 0 radical (unpaired) electrons. The van der Waals surface area contributed by atoms with Crippen molar-refractivity contribution < 1.29 is 9.53 Å². The van der Waals surface area contributed by atoms with E-state index in [1.807, 2.05) is 18.2 Å². The molecule has 0 heterocycles. The lowest BCUT2D eigenvalue weighted by molar-refractivity contribution is -0.118. The summed E-state index contributed by atoms with van der Waals surface area (Å²) in [6.07, 6.45) is 0. The first-order valence-corrected chi connectivity index (χ1v) is 6.33. The van der Waals surface area contributed by atoms with Crippen LogP contribution in [-0.2, 0) is 4.79 Å². The molecule has 0 unspecified atom stereocenters. The van der Waals surface area contributed by atoms with Gasteiger partial charge in [0.25, 0.3) is 5.91 Å². The number of carbonyl (C=O) groups is 1. The summed E-state index contributed by atoms with van der Waals surface area (Å²) in [5.74, 6) is 0.211. The molecule has 0 saturated carbocycles. The number of carbonyl (C=O) groups excluding carboxylic acids is 1. The van der Waals surface area contributed by atoms with Gasteiger partial charge in [0, 0.05) is 15.7 Å². The number of hydrogen-bond acceptors (Lipinski definition) is 2. The summed E-state index contributed by atoms with van der Waals surface area (Å²) in [5.41, 5.74) is 0.722. The van der Waals surface area contributed by atoms with Crippen LogP contribution >= 0.6 is 23.2 Å². The summed E-state index contributed by atoms with van der Waals surface area (Å²) >= 11 is 11.7. The lowest BCUT2D eigenvalue weighted by Crippen LogP contribution is -2.20. The molecule has 98 valence electrons. The van der Waals surface area contributed by atoms with Crippen LogP contribution in [0.5, 0.6) is 5.75 Å². The van der Waals surface area contributed by atoms with E-state index in [0.29, 0.717) is 15.8 Å². The Kier molecular flexibility index (Phi) is 4.66. The van der Waals surface area contributed by atoms with Crippen molar-refractivity contribution in [2.24, 2.45) is 0 Å². The van der Waals surface area contributed by atoms with Crippen molar-refractivity contribution >= 4 is 34.8 Å². The summed E-state index contributed by atoms with van der Waals surface area (Å²) in [7, 11) is 0. The largest absolute Gasteiger partial charge is 0.484 e. The van der Waals surface area contributed by atoms with Crippen LogP contribution in [0.25, 0.3) is 0 Å². The molecule has 1 amide bonds. The zero-order chi connectivity index (χ0) is 13.7. The van der Waals surface area contributed by atoms with Crippen LogP contribution in [-0.4, -0.2) is 12.5 Å². The van der Waals surface area contributed by atoms with Crippen molar-refractivity contribution in [3.05, 3.63) is 58.6 Å². The van der Waals surface area contributed by atoms with Crippen molar-refractivity contribution in [2.75, 3.05) is 11.9 Å². The molecule has 0 aromatic heterocycles. The number of para-hydroxylation sites is 1. The Morgan fingerprint density at radius 2 is 1.68 bits per heavy atom. The zero-order valence-corrected chi connectivity index (χ0v) is 11.4. The maximum atomic E-state index is 11.7. The first-order valence-electron chi connectivity index (χ1n) is 5.57. The fraction of sp³-hybridized carbons (Fsp3) is 0.0714. The Bertz CT molecular complexity index is 553. The fourth-order valence-electron chi connectivity index (χ4n) is 1.48. The predicted molar refractivity (Wildman–Crippen MR) is 77.0 cm³/mol. The minimum absolute atomic E-state index is 0.106. The van der Waals surface area contributed by atoms with Crippen molar-refractivity contribution in [3.63, 3.8) is 0 Å². The van der Waals surface area contributed by atoms with Crippen molar-refractivity contribution in [1.29, 1.82) is 0 Å². The number of rotatable bonds is 4. The van der Waals surface area contributed by atoms with E-state index in [9.17, 15) is 4.79 Å². The van der Waals surface area contributed by atoms with E-state index in [1.54, 1.807) is 30.3 Å². The standard InChI is InChI=1S/C14H11Cl2NO2/c15-10-6-11(16)8-13(7-10)19-9-14(18)17-12-4-2-1-3-5-12/h1-8H,9H2,(H,17,18). The maximum absolute atomic E-state index is 11.7. The molecule has 0 aliphatic rings. The van der Waals surface area contributed by atoms with Crippen molar-refractivity contribution in [2.45, 2.75) is 0 Å². The summed E-state index contributed by atoms with van der Waals surface area (Å²) in [6.45, 7) is -0.106. The quantitative estimate of drug-likeness (QED) is 0.925. The van der Waals surface area contributed by atoms with Gasteiger partial charge in [-0.1, -0.05) is 41.4 Å². The summed E-state index contributed by atoms with van der Waals surface area (Å²) in [5, 5.41) is 3.64. The van der Waals surface area contributed by atoms with Gasteiger partial charge in [-0.3, -0.25) is 4.79 Å². The molecule has 0 fully saturated rings. The average Bonchev–Trinajstić information content (AvgIpc) is 2.36. The van der Waals surface area contributed by atoms with Gasteiger partial charge in [0.15, 0.2) is 6.61 Å². The minimum Gasteiger partial charge on any atom is -0.484 e. The van der Waals surface area contributed by atoms with Gasteiger partial charge in [0.05, 0.1) is 0 Å². The summed E-state index contributed by atoms with van der Waals surface area (Å²) < 4.78 is 5.32. The van der Waals surface area contributed by atoms with E-state index in [1.165, 1.54) is 0 Å². The Morgan fingerprint density at radius 1 is 1.05 bits per heavy atom. The van der Waals surface area contributed by atoms with Gasteiger partial charge in [-0.25, -0.2) is 0 Å². The monoisotopic (exact) mass is 295 g/mol. The Hall–Kier alpha value is -1.71. The predicted octanol–water partition coefficient (Wildman–Crippen LogP) is 4.01. The average molecular weight is 296 g/mol. The Balaban J connectivity index is 1.90. The highest BCUT2D eigenvalue weighted by molar-refractivity contribution is 6.34. The number of hydrogen-bond donors (Lipinski definition) is 1. The fourth-order valence-corrected chi connectivity index (χ4v) is 1.99. The summed E-state index contributed by atoms with van der Waals surface area (Å²) in [4.78, 5) is 11.7. The van der Waals surface area contributed by atoms with Gasteiger partial charge in [0.2, 0.25) is 0 Å². The molecule has 2 aromatic carbocycles. The van der Waals surface area contributed by atoms with Crippen LogP contribution in [0.3, 0.4) is 0 Å². The number of ether oxygens (including phenoxy) is 1. The number of nitrogens with one attached hydrogen (secondary N) is 1. The topological polar surface area (TPSA) is 38.3 Å². The normalized spacial score (nSPS) is 10.0. The third kappa shape index (κ3) is 4.47. The minimum atomic E-state index is -0.248. The lowest BCUT2D eigenvalue weighted by atomic mass is 10.3. The molecule has 3 nitrogen and oxygen atoms in total. The SMILES string of the molecule is O=C(COc1cc(Cl)cc(Cl)c1)Nc1ccccc1. The second-order valence-corrected chi connectivity index (χ2v) is 4.68. The number of benzene rings is 2. The molecule has 1 N–H and O–H groups in total. The molecule has 0 saturated heterocycles. The Morgan fingerprint density at radius 3 is 2.32 bits per heavy atom. The maximum Gasteiger partial charge on any atom is 0.262 e. The summed E-state index contributed by atoms with van der Waals surface area (Å²) in [6, 6.07) is 14.0. The first kappa shape index (κ1) is 13.7. The van der Waals surface area contributed by atoms with Crippen LogP contribution < -0.4 is 10.1 Å². The molecule has 0 aliphatic carbocycles. The van der Waals surface area contributed by atoms with E-state index >= 15 is 0 Å². The molecule has 2 aromatic rings. The van der Waals surface area contributed by atoms with E-state index < -0.39 is 0 Å². The van der Waals surface area contributed by atoms with Crippen LogP contribution in [0.4, 0.5) is 5.69 Å². The van der Waals surface area contributed by atoms with Gasteiger partial charge in [0.1, 0.15) is 5.75 Å². The van der Waals surface area contributed by atoms with Gasteiger partial charge >= 0.3 is 0 Å². The van der Waals surface area contributed by atoms with E-state index in [-0.39, 0.29) is 12.5 Å². The molecule has 2 rings (SSSR count). The van der Waals surface area contributed by atoms with E-state index in [4.69, 9.17) is 27.9 Å².